The third kappa shape index (κ3) is 4.22. The molecule has 1 heterocycles. The minimum atomic E-state index is 0.504. The molecule has 2 rings (SSSR count). The Morgan fingerprint density at radius 3 is 2.70 bits per heavy atom. The van der Waals surface area contributed by atoms with Crippen molar-refractivity contribution in [3.63, 3.8) is 0 Å². The molecule has 108 valence electrons. The number of pyridine rings is 1. The molecule has 1 atom stereocenters. The SMILES string of the molecule is CCCCCCCC(C)Nc1cccc2cccnc12. The highest BCUT2D eigenvalue weighted by molar-refractivity contribution is 5.90. The van der Waals surface area contributed by atoms with Gasteiger partial charge in [-0.2, -0.15) is 0 Å². The molecular weight excluding hydrogens is 244 g/mol. The fourth-order valence-corrected chi connectivity index (χ4v) is 2.61. The summed E-state index contributed by atoms with van der Waals surface area (Å²) in [6, 6.07) is 10.9. The first-order chi connectivity index (χ1) is 9.81. The maximum atomic E-state index is 4.49. The molecule has 1 unspecified atom stereocenters. The van der Waals surface area contributed by atoms with Gasteiger partial charge in [0.1, 0.15) is 0 Å². The van der Waals surface area contributed by atoms with Gasteiger partial charge in [-0.3, -0.25) is 4.98 Å². The van der Waals surface area contributed by atoms with Gasteiger partial charge in [-0.25, -0.2) is 0 Å². The molecule has 0 saturated carbocycles. The molecule has 0 aliphatic carbocycles. The second-order valence-electron chi connectivity index (χ2n) is 5.63. The predicted molar refractivity (Wildman–Crippen MR) is 88.2 cm³/mol. The summed E-state index contributed by atoms with van der Waals surface area (Å²) in [5.41, 5.74) is 2.23. The zero-order chi connectivity index (χ0) is 14.2. The third-order valence-corrected chi connectivity index (χ3v) is 3.78. The molecular formula is C18H26N2. The van der Waals surface area contributed by atoms with Crippen molar-refractivity contribution in [1.29, 1.82) is 0 Å². The number of para-hydroxylation sites is 1. The van der Waals surface area contributed by atoms with E-state index >= 15 is 0 Å². The van der Waals surface area contributed by atoms with Crippen molar-refractivity contribution < 1.29 is 0 Å². The summed E-state index contributed by atoms with van der Waals surface area (Å²) in [5, 5.41) is 4.81. The number of benzene rings is 1. The Balaban J connectivity index is 1.88. The molecule has 1 N–H and O–H groups in total. The van der Waals surface area contributed by atoms with Gasteiger partial charge in [-0.1, -0.05) is 57.2 Å². The Labute approximate surface area is 122 Å². The van der Waals surface area contributed by atoms with Crippen molar-refractivity contribution in [2.75, 3.05) is 5.32 Å². The van der Waals surface area contributed by atoms with Gasteiger partial charge in [0.05, 0.1) is 11.2 Å². The Morgan fingerprint density at radius 2 is 1.85 bits per heavy atom. The molecule has 0 saturated heterocycles. The Morgan fingerprint density at radius 1 is 1.05 bits per heavy atom. The molecule has 0 fully saturated rings. The molecule has 2 aromatic rings. The molecule has 2 nitrogen and oxygen atoms in total. The molecule has 1 aromatic carbocycles. The number of nitrogens with zero attached hydrogens (tertiary/aromatic N) is 1. The number of unbranched alkanes of at least 4 members (excludes halogenated alkanes) is 4. The fourth-order valence-electron chi connectivity index (χ4n) is 2.61. The smallest absolute Gasteiger partial charge is 0.0933 e. The van der Waals surface area contributed by atoms with Gasteiger partial charge in [0.2, 0.25) is 0 Å². The average Bonchev–Trinajstić information content (AvgIpc) is 2.47. The normalized spacial score (nSPS) is 12.5. The monoisotopic (exact) mass is 270 g/mol. The van der Waals surface area contributed by atoms with Crippen LogP contribution in [0.15, 0.2) is 36.5 Å². The molecule has 1 aromatic heterocycles. The van der Waals surface area contributed by atoms with Gasteiger partial charge in [0.15, 0.2) is 0 Å². The summed E-state index contributed by atoms with van der Waals surface area (Å²) in [6.07, 6.45) is 9.82. The van der Waals surface area contributed by atoms with Crippen LogP contribution in [0.4, 0.5) is 5.69 Å². The molecule has 0 bridgehead atoms. The van der Waals surface area contributed by atoms with E-state index in [0.29, 0.717) is 6.04 Å². The number of anilines is 1. The highest BCUT2D eigenvalue weighted by Gasteiger charge is 2.05. The van der Waals surface area contributed by atoms with E-state index in [4.69, 9.17) is 0 Å². The van der Waals surface area contributed by atoms with Crippen molar-refractivity contribution in [3.05, 3.63) is 36.5 Å². The summed E-state index contributed by atoms with van der Waals surface area (Å²) in [6.45, 7) is 4.53. The summed E-state index contributed by atoms with van der Waals surface area (Å²) < 4.78 is 0. The molecule has 2 heteroatoms. The summed E-state index contributed by atoms with van der Waals surface area (Å²) in [4.78, 5) is 4.49. The van der Waals surface area contributed by atoms with Crippen LogP contribution >= 0.6 is 0 Å². The standard InChI is InChI=1S/C18H26N2/c1-3-4-5-6-7-10-15(2)20-17-13-8-11-16-12-9-14-19-18(16)17/h8-9,11-15,20H,3-7,10H2,1-2H3. The van der Waals surface area contributed by atoms with Crippen LogP contribution in [0.3, 0.4) is 0 Å². The van der Waals surface area contributed by atoms with Crippen molar-refractivity contribution in [3.8, 4) is 0 Å². The van der Waals surface area contributed by atoms with Crippen LogP contribution in [0.25, 0.3) is 10.9 Å². The van der Waals surface area contributed by atoms with Crippen LogP contribution in [-0.4, -0.2) is 11.0 Å². The minimum absolute atomic E-state index is 0.504. The lowest BCUT2D eigenvalue weighted by atomic mass is 10.1. The first-order valence-corrected chi connectivity index (χ1v) is 7.91. The van der Waals surface area contributed by atoms with Crippen LogP contribution in [0.1, 0.15) is 52.4 Å². The zero-order valence-corrected chi connectivity index (χ0v) is 12.7. The summed E-state index contributed by atoms with van der Waals surface area (Å²) >= 11 is 0. The topological polar surface area (TPSA) is 24.9 Å². The van der Waals surface area contributed by atoms with Gasteiger partial charge in [0, 0.05) is 17.6 Å². The lowest BCUT2D eigenvalue weighted by Crippen LogP contribution is -2.15. The van der Waals surface area contributed by atoms with E-state index in [9.17, 15) is 0 Å². The van der Waals surface area contributed by atoms with E-state index in [1.807, 2.05) is 12.3 Å². The maximum absolute atomic E-state index is 4.49. The number of hydrogen-bond donors (Lipinski definition) is 1. The molecule has 0 amide bonds. The quantitative estimate of drug-likeness (QED) is 0.650. The van der Waals surface area contributed by atoms with Gasteiger partial charge in [0.25, 0.3) is 0 Å². The second-order valence-corrected chi connectivity index (χ2v) is 5.63. The van der Waals surface area contributed by atoms with Gasteiger partial charge >= 0.3 is 0 Å². The zero-order valence-electron chi connectivity index (χ0n) is 12.7. The van der Waals surface area contributed by atoms with E-state index in [0.717, 1.165) is 11.2 Å². The van der Waals surface area contributed by atoms with Crippen LogP contribution in [0.2, 0.25) is 0 Å². The highest BCUT2D eigenvalue weighted by atomic mass is 14.9. The van der Waals surface area contributed by atoms with Crippen molar-refractivity contribution in [2.24, 2.45) is 0 Å². The third-order valence-electron chi connectivity index (χ3n) is 3.78. The van der Waals surface area contributed by atoms with E-state index in [1.54, 1.807) is 0 Å². The van der Waals surface area contributed by atoms with Crippen LogP contribution in [-0.2, 0) is 0 Å². The highest BCUT2D eigenvalue weighted by Crippen LogP contribution is 2.22. The van der Waals surface area contributed by atoms with Crippen molar-refractivity contribution in [2.45, 2.75) is 58.4 Å². The van der Waals surface area contributed by atoms with Crippen molar-refractivity contribution >= 4 is 16.6 Å². The average molecular weight is 270 g/mol. The second kappa shape index (κ2) is 7.88. The summed E-state index contributed by atoms with van der Waals surface area (Å²) in [7, 11) is 0. The fraction of sp³-hybridized carbons (Fsp3) is 0.500. The Hall–Kier alpha value is -1.57. The van der Waals surface area contributed by atoms with E-state index in [1.165, 1.54) is 43.9 Å². The van der Waals surface area contributed by atoms with E-state index < -0.39 is 0 Å². The summed E-state index contributed by atoms with van der Waals surface area (Å²) in [5.74, 6) is 0. The van der Waals surface area contributed by atoms with E-state index in [2.05, 4.69) is 48.4 Å². The van der Waals surface area contributed by atoms with Gasteiger partial charge in [-0.05, 0) is 25.5 Å². The number of nitrogens with one attached hydrogen (secondary N) is 1. The maximum Gasteiger partial charge on any atom is 0.0933 e. The Kier molecular flexibility index (Phi) is 5.85. The molecule has 20 heavy (non-hydrogen) atoms. The van der Waals surface area contributed by atoms with E-state index in [-0.39, 0.29) is 0 Å². The van der Waals surface area contributed by atoms with Crippen molar-refractivity contribution in [1.82, 2.24) is 4.98 Å². The molecule has 0 aliphatic rings. The predicted octanol–water partition coefficient (Wildman–Crippen LogP) is 5.40. The lowest BCUT2D eigenvalue weighted by Gasteiger charge is -2.16. The number of hydrogen-bond acceptors (Lipinski definition) is 2. The molecule has 0 radical (unpaired) electrons. The lowest BCUT2D eigenvalue weighted by molar-refractivity contribution is 0.578. The first-order valence-electron chi connectivity index (χ1n) is 7.91. The molecule has 0 aliphatic heterocycles. The van der Waals surface area contributed by atoms with Crippen LogP contribution in [0, 0.1) is 0 Å². The number of rotatable bonds is 8. The van der Waals surface area contributed by atoms with Crippen LogP contribution < -0.4 is 5.32 Å². The van der Waals surface area contributed by atoms with Crippen LogP contribution in [0.5, 0.6) is 0 Å². The Bertz CT molecular complexity index is 516. The molecule has 0 spiro atoms. The van der Waals surface area contributed by atoms with Gasteiger partial charge < -0.3 is 5.32 Å². The number of fused-ring (bicyclic) bond motifs is 1. The minimum Gasteiger partial charge on any atom is -0.381 e. The number of aromatic nitrogens is 1. The van der Waals surface area contributed by atoms with Gasteiger partial charge in [-0.15, -0.1) is 0 Å². The largest absolute Gasteiger partial charge is 0.381 e. The first kappa shape index (κ1) is 14.8.